The van der Waals surface area contributed by atoms with Crippen LogP contribution >= 0.6 is 11.8 Å². The fourth-order valence-electron chi connectivity index (χ4n) is 3.43. The molecule has 1 unspecified atom stereocenters. The average molecular weight is 475 g/mol. The van der Waals surface area contributed by atoms with Crippen LogP contribution in [0.25, 0.3) is 17.1 Å². The summed E-state index contributed by atoms with van der Waals surface area (Å²) in [7, 11) is 3.22. The van der Waals surface area contributed by atoms with E-state index >= 15 is 0 Å². The maximum absolute atomic E-state index is 12.9. The van der Waals surface area contributed by atoms with Crippen LogP contribution in [0.1, 0.15) is 12.5 Å². The molecular weight excluding hydrogens is 448 g/mol. The molecule has 0 aliphatic carbocycles. The van der Waals surface area contributed by atoms with Crippen molar-refractivity contribution < 1.29 is 14.3 Å². The zero-order valence-corrected chi connectivity index (χ0v) is 20.3. The number of hydrogen-bond acceptors (Lipinski definition) is 6. The van der Waals surface area contributed by atoms with Crippen molar-refractivity contribution in [3.8, 4) is 28.6 Å². The van der Waals surface area contributed by atoms with Crippen molar-refractivity contribution in [1.82, 2.24) is 14.8 Å². The SMILES string of the molecule is COc1cccc(NC(=O)C(C)Sc2nnc(-c3ccccc3OC)n2-c2ccc(C)cc2)c1. The molecule has 174 valence electrons. The molecule has 0 aliphatic heterocycles. The summed E-state index contributed by atoms with van der Waals surface area (Å²) in [6.07, 6.45) is 0. The van der Waals surface area contributed by atoms with Gasteiger partial charge in [-0.05, 0) is 50.2 Å². The molecule has 0 spiro atoms. The minimum Gasteiger partial charge on any atom is -0.497 e. The number of rotatable bonds is 8. The van der Waals surface area contributed by atoms with E-state index in [1.165, 1.54) is 11.8 Å². The van der Waals surface area contributed by atoms with Crippen LogP contribution in [0.4, 0.5) is 5.69 Å². The third-order valence-corrected chi connectivity index (χ3v) is 6.30. The van der Waals surface area contributed by atoms with Crippen molar-refractivity contribution in [3.05, 3.63) is 78.4 Å². The lowest BCUT2D eigenvalue weighted by atomic mass is 10.1. The number of aryl methyl sites for hydroxylation is 1. The summed E-state index contributed by atoms with van der Waals surface area (Å²) >= 11 is 1.34. The van der Waals surface area contributed by atoms with E-state index in [1.54, 1.807) is 20.3 Å². The number of methoxy groups -OCH3 is 2. The van der Waals surface area contributed by atoms with Gasteiger partial charge in [-0.2, -0.15) is 0 Å². The number of aromatic nitrogens is 3. The first-order chi connectivity index (χ1) is 16.5. The lowest BCUT2D eigenvalue weighted by molar-refractivity contribution is -0.115. The number of nitrogens with one attached hydrogen (secondary N) is 1. The number of ether oxygens (including phenoxy) is 2. The number of carbonyl (C=O) groups is 1. The molecule has 1 atom stereocenters. The van der Waals surface area contributed by atoms with Crippen LogP contribution in [-0.2, 0) is 4.79 Å². The molecule has 3 aromatic carbocycles. The van der Waals surface area contributed by atoms with Crippen LogP contribution in [0.3, 0.4) is 0 Å². The molecule has 1 heterocycles. The van der Waals surface area contributed by atoms with Crippen LogP contribution in [0, 0.1) is 6.92 Å². The molecule has 0 bridgehead atoms. The Kier molecular flexibility index (Phi) is 7.18. The van der Waals surface area contributed by atoms with E-state index in [1.807, 2.05) is 85.1 Å². The van der Waals surface area contributed by atoms with Crippen molar-refractivity contribution in [2.24, 2.45) is 0 Å². The van der Waals surface area contributed by atoms with Crippen molar-refractivity contribution in [1.29, 1.82) is 0 Å². The van der Waals surface area contributed by atoms with Gasteiger partial charge in [0.15, 0.2) is 11.0 Å². The van der Waals surface area contributed by atoms with E-state index in [2.05, 4.69) is 15.5 Å². The Bertz CT molecular complexity index is 1290. The Hall–Kier alpha value is -3.78. The summed E-state index contributed by atoms with van der Waals surface area (Å²) in [5.74, 6) is 1.88. The first kappa shape index (κ1) is 23.4. The third kappa shape index (κ3) is 5.07. The molecule has 1 N–H and O–H groups in total. The van der Waals surface area contributed by atoms with E-state index in [0.717, 1.165) is 16.8 Å². The predicted octanol–water partition coefficient (Wildman–Crippen LogP) is 5.38. The number of amides is 1. The highest BCUT2D eigenvalue weighted by atomic mass is 32.2. The fraction of sp³-hybridized carbons (Fsp3) is 0.192. The summed E-state index contributed by atoms with van der Waals surface area (Å²) in [5.41, 5.74) is 3.54. The quantitative estimate of drug-likeness (QED) is 0.346. The van der Waals surface area contributed by atoms with Gasteiger partial charge < -0.3 is 14.8 Å². The van der Waals surface area contributed by atoms with Crippen LogP contribution in [0.5, 0.6) is 11.5 Å². The van der Waals surface area contributed by atoms with Gasteiger partial charge in [-0.25, -0.2) is 0 Å². The Morgan fingerprint density at radius 1 is 0.971 bits per heavy atom. The molecule has 0 aliphatic rings. The average Bonchev–Trinajstić information content (AvgIpc) is 3.27. The standard InChI is InChI=1S/C26H26N4O3S/c1-17-12-14-20(15-13-17)30-24(22-10-5-6-11-23(22)33-4)28-29-26(30)34-18(2)25(31)27-19-8-7-9-21(16-19)32-3/h5-16,18H,1-4H3,(H,27,31). The minimum atomic E-state index is -0.426. The lowest BCUT2D eigenvalue weighted by Crippen LogP contribution is -2.22. The summed E-state index contributed by atoms with van der Waals surface area (Å²) in [6, 6.07) is 23.1. The van der Waals surface area contributed by atoms with Crippen molar-refractivity contribution in [2.45, 2.75) is 24.3 Å². The Labute approximate surface area is 203 Å². The number of thioether (sulfide) groups is 1. The molecule has 0 saturated heterocycles. The largest absolute Gasteiger partial charge is 0.497 e. The highest BCUT2D eigenvalue weighted by molar-refractivity contribution is 8.00. The molecular formula is C26H26N4O3S. The number of carbonyl (C=O) groups excluding carboxylic acids is 1. The normalized spacial score (nSPS) is 11.6. The van der Waals surface area contributed by atoms with E-state index in [9.17, 15) is 4.79 Å². The fourth-order valence-corrected chi connectivity index (χ4v) is 4.30. The topological polar surface area (TPSA) is 78.3 Å². The smallest absolute Gasteiger partial charge is 0.237 e. The zero-order valence-electron chi connectivity index (χ0n) is 19.5. The van der Waals surface area contributed by atoms with Gasteiger partial charge in [0.05, 0.1) is 25.0 Å². The van der Waals surface area contributed by atoms with Gasteiger partial charge in [0.2, 0.25) is 5.91 Å². The molecule has 8 heteroatoms. The van der Waals surface area contributed by atoms with Gasteiger partial charge in [-0.15, -0.1) is 10.2 Å². The van der Waals surface area contributed by atoms with E-state index < -0.39 is 5.25 Å². The number of para-hydroxylation sites is 1. The third-order valence-electron chi connectivity index (χ3n) is 5.26. The molecule has 1 aromatic heterocycles. The minimum absolute atomic E-state index is 0.143. The Morgan fingerprint density at radius 2 is 1.74 bits per heavy atom. The molecule has 1 amide bonds. The monoisotopic (exact) mass is 474 g/mol. The highest BCUT2D eigenvalue weighted by Crippen LogP contribution is 2.34. The zero-order chi connectivity index (χ0) is 24.1. The number of benzene rings is 3. The molecule has 4 rings (SSSR count). The Morgan fingerprint density at radius 3 is 2.47 bits per heavy atom. The van der Waals surface area contributed by atoms with Crippen LogP contribution in [0.15, 0.2) is 78.0 Å². The van der Waals surface area contributed by atoms with E-state index in [0.29, 0.717) is 28.2 Å². The van der Waals surface area contributed by atoms with E-state index in [-0.39, 0.29) is 5.91 Å². The molecule has 7 nitrogen and oxygen atoms in total. The maximum Gasteiger partial charge on any atom is 0.237 e. The number of anilines is 1. The molecule has 0 saturated carbocycles. The molecule has 0 fully saturated rings. The first-order valence-electron chi connectivity index (χ1n) is 10.8. The van der Waals surface area contributed by atoms with Crippen molar-refractivity contribution >= 4 is 23.4 Å². The Balaban J connectivity index is 1.66. The predicted molar refractivity (Wildman–Crippen MR) is 135 cm³/mol. The van der Waals surface area contributed by atoms with Gasteiger partial charge in [0.25, 0.3) is 0 Å². The van der Waals surface area contributed by atoms with Gasteiger partial charge in [0, 0.05) is 17.4 Å². The van der Waals surface area contributed by atoms with Crippen LogP contribution in [0.2, 0.25) is 0 Å². The summed E-state index contributed by atoms with van der Waals surface area (Å²) in [6.45, 7) is 3.88. The van der Waals surface area contributed by atoms with Gasteiger partial charge in [-0.3, -0.25) is 9.36 Å². The number of hydrogen-bond donors (Lipinski definition) is 1. The summed E-state index contributed by atoms with van der Waals surface area (Å²) < 4.78 is 12.8. The van der Waals surface area contributed by atoms with Crippen molar-refractivity contribution in [2.75, 3.05) is 19.5 Å². The van der Waals surface area contributed by atoms with Gasteiger partial charge >= 0.3 is 0 Å². The second-order valence-corrected chi connectivity index (χ2v) is 8.97. The molecule has 4 aromatic rings. The van der Waals surface area contributed by atoms with Crippen LogP contribution in [-0.4, -0.2) is 40.1 Å². The number of nitrogens with zero attached hydrogens (tertiary/aromatic N) is 3. The first-order valence-corrected chi connectivity index (χ1v) is 11.7. The summed E-state index contributed by atoms with van der Waals surface area (Å²) in [4.78, 5) is 12.9. The van der Waals surface area contributed by atoms with Gasteiger partial charge in [-0.1, -0.05) is 47.7 Å². The highest BCUT2D eigenvalue weighted by Gasteiger charge is 2.23. The second-order valence-electron chi connectivity index (χ2n) is 7.66. The molecule has 34 heavy (non-hydrogen) atoms. The van der Waals surface area contributed by atoms with Gasteiger partial charge in [0.1, 0.15) is 11.5 Å². The molecule has 0 radical (unpaired) electrons. The maximum atomic E-state index is 12.9. The van der Waals surface area contributed by atoms with E-state index in [4.69, 9.17) is 9.47 Å². The van der Waals surface area contributed by atoms with Crippen LogP contribution < -0.4 is 14.8 Å². The second kappa shape index (κ2) is 10.4. The van der Waals surface area contributed by atoms with Crippen molar-refractivity contribution in [3.63, 3.8) is 0 Å². The lowest BCUT2D eigenvalue weighted by Gasteiger charge is -2.15. The summed E-state index contributed by atoms with van der Waals surface area (Å²) in [5, 5.41) is 12.0.